The predicted molar refractivity (Wildman–Crippen MR) is 123 cm³/mol. The highest BCUT2D eigenvalue weighted by atomic mass is 32.2. The van der Waals surface area contributed by atoms with E-state index in [9.17, 15) is 18.5 Å². The number of nitro benzene ring substituents is 1. The molecule has 162 valence electrons. The second-order valence-corrected chi connectivity index (χ2v) is 9.73. The largest absolute Gasteiger partial charge is 0.378 e. The van der Waals surface area contributed by atoms with E-state index in [1.165, 1.54) is 12.1 Å². The van der Waals surface area contributed by atoms with Crippen LogP contribution in [0.2, 0.25) is 0 Å². The van der Waals surface area contributed by atoms with Crippen LogP contribution in [0, 0.1) is 16.0 Å². The quantitative estimate of drug-likeness (QED) is 0.317. The summed E-state index contributed by atoms with van der Waals surface area (Å²) in [5.41, 5.74) is 3.37. The summed E-state index contributed by atoms with van der Waals surface area (Å²) in [7, 11) is -3.72. The lowest BCUT2D eigenvalue weighted by molar-refractivity contribution is -0.384. The van der Waals surface area contributed by atoms with Gasteiger partial charge in [0.25, 0.3) is 15.7 Å². The molecule has 0 unspecified atom stereocenters. The molecule has 8 heteroatoms. The van der Waals surface area contributed by atoms with Crippen LogP contribution in [-0.2, 0) is 10.0 Å². The van der Waals surface area contributed by atoms with Gasteiger partial charge in [0.15, 0.2) is 0 Å². The third kappa shape index (κ3) is 3.62. The van der Waals surface area contributed by atoms with E-state index in [2.05, 4.69) is 22.2 Å². The van der Waals surface area contributed by atoms with Crippen LogP contribution in [0.15, 0.2) is 89.8 Å². The van der Waals surface area contributed by atoms with Gasteiger partial charge in [-0.3, -0.25) is 14.8 Å². The molecule has 0 saturated carbocycles. The molecular formula is C24H21N3O4S. The van der Waals surface area contributed by atoms with Gasteiger partial charge in [0.1, 0.15) is 0 Å². The van der Waals surface area contributed by atoms with Gasteiger partial charge >= 0.3 is 0 Å². The summed E-state index contributed by atoms with van der Waals surface area (Å²) >= 11 is 0. The molecule has 7 nitrogen and oxygen atoms in total. The van der Waals surface area contributed by atoms with E-state index in [0.717, 1.165) is 23.2 Å². The number of benzene rings is 3. The van der Waals surface area contributed by atoms with Crippen LogP contribution in [-0.4, -0.2) is 13.3 Å². The van der Waals surface area contributed by atoms with Gasteiger partial charge in [-0.25, -0.2) is 8.42 Å². The molecule has 3 aromatic rings. The zero-order valence-corrected chi connectivity index (χ0v) is 17.8. The average Bonchev–Trinajstić information content (AvgIpc) is 3.29. The van der Waals surface area contributed by atoms with Gasteiger partial charge in [0.2, 0.25) is 0 Å². The highest BCUT2D eigenvalue weighted by Gasteiger charge is 2.38. The lowest BCUT2D eigenvalue weighted by Gasteiger charge is -2.37. The summed E-state index contributed by atoms with van der Waals surface area (Å²) in [5, 5.41) is 14.5. The van der Waals surface area contributed by atoms with Crippen molar-refractivity contribution in [2.45, 2.75) is 23.3 Å². The van der Waals surface area contributed by atoms with Crippen LogP contribution in [0.4, 0.5) is 17.1 Å². The maximum absolute atomic E-state index is 12.9. The molecule has 0 bridgehead atoms. The fourth-order valence-electron chi connectivity index (χ4n) is 4.59. The number of sulfonamides is 1. The number of hydrogen-bond acceptors (Lipinski definition) is 5. The Labute approximate surface area is 186 Å². The van der Waals surface area contributed by atoms with Crippen LogP contribution in [0.3, 0.4) is 0 Å². The Morgan fingerprint density at radius 3 is 2.47 bits per heavy atom. The maximum atomic E-state index is 12.9. The highest BCUT2D eigenvalue weighted by Crippen LogP contribution is 2.50. The molecule has 0 aromatic heterocycles. The summed E-state index contributed by atoms with van der Waals surface area (Å²) in [4.78, 5) is 10.8. The van der Waals surface area contributed by atoms with Gasteiger partial charge in [0, 0.05) is 29.4 Å². The van der Waals surface area contributed by atoms with E-state index in [0.29, 0.717) is 5.69 Å². The number of fused-ring (bicyclic) bond motifs is 3. The average molecular weight is 448 g/mol. The third-order valence-corrected chi connectivity index (χ3v) is 7.51. The topological polar surface area (TPSA) is 101 Å². The fourth-order valence-corrected chi connectivity index (χ4v) is 5.69. The zero-order valence-electron chi connectivity index (χ0n) is 17.0. The van der Waals surface area contributed by atoms with Gasteiger partial charge < -0.3 is 5.32 Å². The van der Waals surface area contributed by atoms with E-state index < -0.39 is 14.9 Å². The van der Waals surface area contributed by atoms with Gasteiger partial charge in [0.05, 0.1) is 15.9 Å². The standard InChI is InChI=1S/C24H21N3O4S/c28-27(29)18-11-9-16(10-12-18)24-21-8-4-7-20(21)22-15-19(13-14-23(22)25-24)32(30,31)26-17-5-2-1-3-6-17/h1-7,9-15,20-21,24-26H,8H2/t20-,21+,24+/m0/s1. The molecule has 1 aliphatic carbocycles. The molecule has 2 N–H and O–H groups in total. The molecule has 3 aromatic carbocycles. The van der Waals surface area contributed by atoms with Crippen molar-refractivity contribution in [3.8, 4) is 0 Å². The summed E-state index contributed by atoms with van der Waals surface area (Å²) in [6.07, 6.45) is 5.09. The minimum absolute atomic E-state index is 0.0202. The fraction of sp³-hybridized carbons (Fsp3) is 0.167. The molecule has 5 rings (SSSR count). The van der Waals surface area contributed by atoms with Gasteiger partial charge in [-0.1, -0.05) is 42.5 Å². The molecule has 1 aliphatic heterocycles. The number of nitrogens with zero attached hydrogens (tertiary/aromatic N) is 1. The van der Waals surface area contributed by atoms with Crippen LogP contribution >= 0.6 is 0 Å². The summed E-state index contributed by atoms with van der Waals surface area (Å²) in [6, 6.07) is 20.6. The van der Waals surface area contributed by atoms with Gasteiger partial charge in [-0.15, -0.1) is 0 Å². The van der Waals surface area contributed by atoms with Crippen molar-refractivity contribution in [3.63, 3.8) is 0 Å². The molecule has 1 heterocycles. The predicted octanol–water partition coefficient (Wildman–Crippen LogP) is 5.22. The highest BCUT2D eigenvalue weighted by molar-refractivity contribution is 7.92. The molecule has 3 atom stereocenters. The van der Waals surface area contributed by atoms with E-state index >= 15 is 0 Å². The summed E-state index contributed by atoms with van der Waals surface area (Å²) in [6.45, 7) is 0. The number of non-ortho nitro benzene ring substituents is 1. The van der Waals surface area contributed by atoms with Crippen LogP contribution in [0.1, 0.15) is 29.5 Å². The molecule has 32 heavy (non-hydrogen) atoms. The normalized spacial score (nSPS) is 21.3. The minimum atomic E-state index is -3.72. The van der Waals surface area contributed by atoms with E-state index in [1.807, 2.05) is 6.07 Å². The molecular weight excluding hydrogens is 426 g/mol. The Morgan fingerprint density at radius 2 is 1.75 bits per heavy atom. The first kappa shape index (κ1) is 20.3. The van der Waals surface area contributed by atoms with E-state index in [-0.39, 0.29) is 28.5 Å². The number of para-hydroxylation sites is 1. The first-order valence-electron chi connectivity index (χ1n) is 10.3. The monoisotopic (exact) mass is 447 g/mol. The number of nitrogens with one attached hydrogen (secondary N) is 2. The third-order valence-electron chi connectivity index (χ3n) is 6.13. The zero-order chi connectivity index (χ0) is 22.3. The van der Waals surface area contributed by atoms with Crippen LogP contribution in [0.25, 0.3) is 0 Å². The van der Waals surface area contributed by atoms with Crippen molar-refractivity contribution in [3.05, 3.63) is 106 Å². The minimum Gasteiger partial charge on any atom is -0.378 e. The molecule has 0 spiro atoms. The molecule has 0 radical (unpaired) electrons. The van der Waals surface area contributed by atoms with Crippen molar-refractivity contribution in [2.75, 3.05) is 10.0 Å². The Hall–Kier alpha value is -3.65. The number of anilines is 2. The second kappa shape index (κ2) is 7.80. The number of nitro groups is 1. The Morgan fingerprint density at radius 1 is 1.00 bits per heavy atom. The van der Waals surface area contributed by atoms with Crippen molar-refractivity contribution >= 4 is 27.1 Å². The number of rotatable bonds is 5. The van der Waals surface area contributed by atoms with Crippen LogP contribution in [0.5, 0.6) is 0 Å². The SMILES string of the molecule is O=[N+]([O-])c1ccc([C@H]2Nc3ccc(S(=O)(=O)Nc4ccccc4)cc3[C@H]3C=CC[C@H]32)cc1. The van der Waals surface area contributed by atoms with Gasteiger partial charge in [-0.05, 0) is 53.8 Å². The van der Waals surface area contributed by atoms with Crippen molar-refractivity contribution in [1.82, 2.24) is 0 Å². The first-order chi connectivity index (χ1) is 15.4. The number of allylic oxidation sites excluding steroid dienone is 2. The van der Waals surface area contributed by atoms with E-state index in [4.69, 9.17) is 0 Å². The van der Waals surface area contributed by atoms with Crippen molar-refractivity contribution < 1.29 is 13.3 Å². The summed E-state index contributed by atoms with van der Waals surface area (Å²) in [5.74, 6) is 0.266. The first-order valence-corrected chi connectivity index (χ1v) is 11.8. The maximum Gasteiger partial charge on any atom is 0.269 e. The van der Waals surface area contributed by atoms with Gasteiger partial charge in [-0.2, -0.15) is 0 Å². The Kier molecular flexibility index (Phi) is 4.94. The Bertz CT molecular complexity index is 1300. The molecule has 2 aliphatic rings. The van der Waals surface area contributed by atoms with Crippen LogP contribution < -0.4 is 10.0 Å². The second-order valence-electron chi connectivity index (χ2n) is 8.04. The van der Waals surface area contributed by atoms with E-state index in [1.54, 1.807) is 54.6 Å². The lowest BCUT2D eigenvalue weighted by atomic mass is 9.77. The molecule has 0 amide bonds. The molecule has 0 fully saturated rings. The Balaban J connectivity index is 1.47. The summed E-state index contributed by atoms with van der Waals surface area (Å²) < 4.78 is 28.5. The van der Waals surface area contributed by atoms with Crippen molar-refractivity contribution in [1.29, 1.82) is 0 Å². The lowest BCUT2D eigenvalue weighted by Crippen LogP contribution is -2.29. The van der Waals surface area contributed by atoms with Crippen molar-refractivity contribution in [2.24, 2.45) is 5.92 Å². The smallest absolute Gasteiger partial charge is 0.269 e. The number of hydrogen-bond donors (Lipinski definition) is 2. The molecule has 0 saturated heterocycles.